The fraction of sp³-hybridized carbons (Fsp3) is 0.182. The predicted octanol–water partition coefficient (Wildman–Crippen LogP) is 3.22. The van der Waals surface area contributed by atoms with Gasteiger partial charge in [-0.1, -0.05) is 22.0 Å². The Morgan fingerprint density at radius 2 is 2.06 bits per heavy atom. The number of benzene rings is 1. The maximum Gasteiger partial charge on any atom is 0.251 e. The molecule has 0 radical (unpaired) electrons. The summed E-state index contributed by atoms with van der Waals surface area (Å²) in [6, 6.07) is 2.33. The van der Waals surface area contributed by atoms with Crippen molar-refractivity contribution in [3.05, 3.63) is 46.2 Å². The van der Waals surface area contributed by atoms with Gasteiger partial charge in [-0.3, -0.25) is 4.79 Å². The zero-order chi connectivity index (χ0) is 13.2. The van der Waals surface area contributed by atoms with Crippen molar-refractivity contribution in [2.24, 2.45) is 5.73 Å². The molecule has 1 atom stereocenters. The second-order valence-electron chi connectivity index (χ2n) is 3.32. The van der Waals surface area contributed by atoms with Crippen molar-refractivity contribution >= 4 is 21.8 Å². The lowest BCUT2D eigenvalue weighted by molar-refractivity contribution is 0.0994. The normalized spacial score (nSPS) is 12.5. The van der Waals surface area contributed by atoms with Gasteiger partial charge in [-0.25, -0.2) is 13.2 Å². The molecule has 2 N–H and O–H groups in total. The molecule has 0 saturated carbocycles. The Labute approximate surface area is 104 Å². The number of halogens is 4. The van der Waals surface area contributed by atoms with E-state index < -0.39 is 29.6 Å². The standard InChI is InChI=1S/C11H9BrF3NO/c1-2-6(10(14)15)7-3-5(12)4-8(9(7)13)11(16)17/h2-4,6,10H,1H2,(H2,16,17). The summed E-state index contributed by atoms with van der Waals surface area (Å²) < 4.78 is 39.4. The Balaban J connectivity index is 3.42. The molecule has 0 heterocycles. The third-order valence-corrected chi connectivity index (χ3v) is 2.67. The van der Waals surface area contributed by atoms with Gasteiger partial charge in [-0.05, 0) is 12.1 Å². The SMILES string of the molecule is C=CC(c1cc(Br)cc(C(N)=O)c1F)C(F)F. The van der Waals surface area contributed by atoms with Crippen LogP contribution in [0, 0.1) is 5.82 Å². The number of hydrogen-bond acceptors (Lipinski definition) is 1. The third kappa shape index (κ3) is 2.88. The van der Waals surface area contributed by atoms with E-state index in [1.54, 1.807) is 0 Å². The molecule has 1 unspecified atom stereocenters. The lowest BCUT2D eigenvalue weighted by Crippen LogP contribution is -2.17. The molecule has 0 aromatic heterocycles. The summed E-state index contributed by atoms with van der Waals surface area (Å²) in [6.07, 6.45) is -1.88. The molecular weight excluding hydrogens is 299 g/mol. The molecule has 1 aromatic rings. The average Bonchev–Trinajstić information content (AvgIpc) is 2.22. The van der Waals surface area contributed by atoms with Crippen molar-refractivity contribution in [3.8, 4) is 0 Å². The molecule has 0 fully saturated rings. The zero-order valence-corrected chi connectivity index (χ0v) is 10.2. The second-order valence-corrected chi connectivity index (χ2v) is 4.23. The first-order valence-electron chi connectivity index (χ1n) is 4.58. The number of allylic oxidation sites excluding steroid dienone is 1. The van der Waals surface area contributed by atoms with Crippen LogP contribution in [0.25, 0.3) is 0 Å². The van der Waals surface area contributed by atoms with Gasteiger partial charge in [0, 0.05) is 10.0 Å². The van der Waals surface area contributed by atoms with E-state index in [2.05, 4.69) is 22.5 Å². The monoisotopic (exact) mass is 307 g/mol. The molecule has 92 valence electrons. The van der Waals surface area contributed by atoms with E-state index in [9.17, 15) is 18.0 Å². The summed E-state index contributed by atoms with van der Waals surface area (Å²) in [5.41, 5.74) is 4.22. The van der Waals surface area contributed by atoms with E-state index in [4.69, 9.17) is 5.73 Å². The molecule has 0 aliphatic rings. The molecule has 6 heteroatoms. The molecule has 1 aromatic carbocycles. The molecule has 2 nitrogen and oxygen atoms in total. The van der Waals surface area contributed by atoms with Gasteiger partial charge < -0.3 is 5.73 Å². The first kappa shape index (κ1) is 13.8. The van der Waals surface area contributed by atoms with Crippen molar-refractivity contribution < 1.29 is 18.0 Å². The molecule has 0 bridgehead atoms. The number of amides is 1. The van der Waals surface area contributed by atoms with Crippen LogP contribution in [-0.4, -0.2) is 12.3 Å². The van der Waals surface area contributed by atoms with Gasteiger partial charge in [0.05, 0.1) is 11.5 Å². The fourth-order valence-corrected chi connectivity index (χ4v) is 1.87. The van der Waals surface area contributed by atoms with E-state index in [0.29, 0.717) is 4.47 Å². The fourth-order valence-electron chi connectivity index (χ4n) is 1.40. The lowest BCUT2D eigenvalue weighted by atomic mass is 9.96. The minimum absolute atomic E-state index is 0.301. The third-order valence-electron chi connectivity index (χ3n) is 2.22. The van der Waals surface area contributed by atoms with Crippen LogP contribution in [0.15, 0.2) is 29.3 Å². The smallest absolute Gasteiger partial charge is 0.251 e. The number of carbonyl (C=O) groups excluding carboxylic acids is 1. The van der Waals surface area contributed by atoms with Crippen LogP contribution in [0.1, 0.15) is 21.8 Å². The number of primary amides is 1. The Kier molecular flexibility index (Phi) is 4.34. The summed E-state index contributed by atoms with van der Waals surface area (Å²) in [6.45, 7) is 3.23. The quantitative estimate of drug-likeness (QED) is 0.853. The maximum absolute atomic E-state index is 13.8. The van der Waals surface area contributed by atoms with Crippen molar-refractivity contribution in [2.75, 3.05) is 0 Å². The highest BCUT2D eigenvalue weighted by Crippen LogP contribution is 2.31. The highest BCUT2D eigenvalue weighted by Gasteiger charge is 2.25. The summed E-state index contributed by atoms with van der Waals surface area (Å²) in [4.78, 5) is 11.0. The van der Waals surface area contributed by atoms with Crippen LogP contribution in [0.3, 0.4) is 0 Å². The first-order valence-corrected chi connectivity index (χ1v) is 5.37. The van der Waals surface area contributed by atoms with Gasteiger partial charge in [0.25, 0.3) is 5.91 Å². The molecule has 0 aliphatic carbocycles. The Morgan fingerprint density at radius 3 is 2.47 bits per heavy atom. The number of hydrogen-bond donors (Lipinski definition) is 1. The average molecular weight is 308 g/mol. The van der Waals surface area contributed by atoms with Gasteiger partial charge in [0.1, 0.15) is 5.82 Å². The summed E-state index contributed by atoms with van der Waals surface area (Å²) in [7, 11) is 0. The summed E-state index contributed by atoms with van der Waals surface area (Å²) in [5.74, 6) is -3.53. The van der Waals surface area contributed by atoms with Gasteiger partial charge in [-0.2, -0.15) is 0 Å². The van der Waals surface area contributed by atoms with E-state index in [-0.39, 0.29) is 5.56 Å². The van der Waals surface area contributed by atoms with Gasteiger partial charge >= 0.3 is 0 Å². The highest BCUT2D eigenvalue weighted by molar-refractivity contribution is 9.10. The second kappa shape index (κ2) is 5.35. The van der Waals surface area contributed by atoms with Crippen molar-refractivity contribution in [2.45, 2.75) is 12.3 Å². The first-order chi connectivity index (χ1) is 7.88. The number of carbonyl (C=O) groups is 1. The predicted molar refractivity (Wildman–Crippen MR) is 61.6 cm³/mol. The maximum atomic E-state index is 13.8. The zero-order valence-electron chi connectivity index (χ0n) is 8.59. The van der Waals surface area contributed by atoms with E-state index >= 15 is 0 Å². The van der Waals surface area contributed by atoms with Gasteiger partial charge in [-0.15, -0.1) is 6.58 Å². The van der Waals surface area contributed by atoms with E-state index in [0.717, 1.165) is 12.1 Å². The molecule has 0 saturated heterocycles. The van der Waals surface area contributed by atoms with Crippen LogP contribution >= 0.6 is 15.9 Å². The molecule has 1 rings (SSSR count). The number of alkyl halides is 2. The van der Waals surface area contributed by atoms with Gasteiger partial charge in [0.2, 0.25) is 6.43 Å². The van der Waals surface area contributed by atoms with Crippen LogP contribution < -0.4 is 5.73 Å². The lowest BCUT2D eigenvalue weighted by Gasteiger charge is -2.14. The van der Waals surface area contributed by atoms with Crippen LogP contribution in [0.2, 0.25) is 0 Å². The van der Waals surface area contributed by atoms with Crippen molar-refractivity contribution in [1.82, 2.24) is 0 Å². The van der Waals surface area contributed by atoms with Crippen molar-refractivity contribution in [1.29, 1.82) is 0 Å². The largest absolute Gasteiger partial charge is 0.366 e. The molecular formula is C11H9BrF3NO. The number of rotatable bonds is 4. The molecule has 0 aliphatic heterocycles. The minimum Gasteiger partial charge on any atom is -0.366 e. The molecule has 17 heavy (non-hydrogen) atoms. The highest BCUT2D eigenvalue weighted by atomic mass is 79.9. The minimum atomic E-state index is -2.81. The Morgan fingerprint density at radius 1 is 1.47 bits per heavy atom. The van der Waals surface area contributed by atoms with Crippen LogP contribution in [0.4, 0.5) is 13.2 Å². The van der Waals surface area contributed by atoms with Crippen LogP contribution in [0.5, 0.6) is 0 Å². The van der Waals surface area contributed by atoms with E-state index in [1.165, 1.54) is 6.07 Å². The molecule has 0 spiro atoms. The van der Waals surface area contributed by atoms with Crippen molar-refractivity contribution in [3.63, 3.8) is 0 Å². The Hall–Kier alpha value is -1.30. The van der Waals surface area contributed by atoms with E-state index in [1.807, 2.05) is 0 Å². The molecule has 1 amide bonds. The summed E-state index contributed by atoms with van der Waals surface area (Å²) >= 11 is 3.01. The topological polar surface area (TPSA) is 43.1 Å². The number of nitrogens with two attached hydrogens (primary N) is 1. The Bertz CT molecular complexity index is 462. The van der Waals surface area contributed by atoms with Gasteiger partial charge in [0.15, 0.2) is 0 Å². The van der Waals surface area contributed by atoms with Crippen LogP contribution in [-0.2, 0) is 0 Å². The summed E-state index contributed by atoms with van der Waals surface area (Å²) in [5, 5.41) is 0.